The molecule has 88 valence electrons. The number of halogens is 1. The number of anilines is 1. The van der Waals surface area contributed by atoms with Crippen molar-refractivity contribution in [2.24, 2.45) is 0 Å². The van der Waals surface area contributed by atoms with E-state index in [1.165, 1.54) is 12.8 Å². The van der Waals surface area contributed by atoms with Gasteiger partial charge in [0.1, 0.15) is 10.4 Å². The van der Waals surface area contributed by atoms with Crippen molar-refractivity contribution < 1.29 is 0 Å². The van der Waals surface area contributed by atoms with Gasteiger partial charge in [0, 0.05) is 19.1 Å². The Bertz CT molecular complexity index is 354. The van der Waals surface area contributed by atoms with Gasteiger partial charge in [-0.1, -0.05) is 6.07 Å². The van der Waals surface area contributed by atoms with Crippen LogP contribution in [0.2, 0.25) is 0 Å². The van der Waals surface area contributed by atoms with Crippen LogP contribution in [0.1, 0.15) is 12.8 Å². The van der Waals surface area contributed by atoms with Crippen LogP contribution in [0, 0.1) is 0 Å². The zero-order valence-electron chi connectivity index (χ0n) is 9.86. The SMILES string of the molecule is CN(C)CC1CCCN1c1cccc(Br)n1. The molecule has 0 spiro atoms. The Morgan fingerprint density at radius 3 is 3.00 bits per heavy atom. The molecule has 1 aliphatic rings. The quantitative estimate of drug-likeness (QED) is 0.794. The molecular weight excluding hydrogens is 266 g/mol. The van der Waals surface area contributed by atoms with E-state index in [-0.39, 0.29) is 0 Å². The first kappa shape index (κ1) is 11.9. The minimum Gasteiger partial charge on any atom is -0.352 e. The number of nitrogens with zero attached hydrogens (tertiary/aromatic N) is 3. The lowest BCUT2D eigenvalue weighted by atomic mass is 10.2. The molecule has 1 aliphatic heterocycles. The van der Waals surface area contributed by atoms with E-state index in [0.717, 1.165) is 23.5 Å². The number of rotatable bonds is 3. The molecule has 1 aromatic heterocycles. The second-order valence-corrected chi connectivity index (χ2v) is 5.38. The van der Waals surface area contributed by atoms with Crippen molar-refractivity contribution in [2.75, 3.05) is 32.1 Å². The zero-order valence-corrected chi connectivity index (χ0v) is 11.4. The molecule has 0 bridgehead atoms. The van der Waals surface area contributed by atoms with E-state index < -0.39 is 0 Å². The Kier molecular flexibility index (Phi) is 3.82. The van der Waals surface area contributed by atoms with E-state index in [2.05, 4.69) is 56.9 Å². The monoisotopic (exact) mass is 283 g/mol. The molecule has 16 heavy (non-hydrogen) atoms. The highest BCUT2D eigenvalue weighted by molar-refractivity contribution is 9.10. The van der Waals surface area contributed by atoms with Crippen LogP contribution in [-0.4, -0.2) is 43.1 Å². The lowest BCUT2D eigenvalue weighted by molar-refractivity contribution is 0.371. The molecule has 0 aromatic carbocycles. The van der Waals surface area contributed by atoms with Crippen molar-refractivity contribution in [3.05, 3.63) is 22.8 Å². The van der Waals surface area contributed by atoms with E-state index in [0.29, 0.717) is 6.04 Å². The smallest absolute Gasteiger partial charge is 0.130 e. The first-order valence-corrected chi connectivity index (χ1v) is 6.50. The zero-order chi connectivity index (χ0) is 11.5. The molecule has 3 nitrogen and oxygen atoms in total. The van der Waals surface area contributed by atoms with Crippen LogP contribution >= 0.6 is 15.9 Å². The fraction of sp³-hybridized carbons (Fsp3) is 0.583. The molecule has 0 radical (unpaired) electrons. The molecule has 1 atom stereocenters. The summed E-state index contributed by atoms with van der Waals surface area (Å²) in [6, 6.07) is 6.73. The van der Waals surface area contributed by atoms with Gasteiger partial charge in [-0.25, -0.2) is 4.98 Å². The van der Waals surface area contributed by atoms with Crippen molar-refractivity contribution in [1.29, 1.82) is 0 Å². The van der Waals surface area contributed by atoms with Crippen LogP contribution in [-0.2, 0) is 0 Å². The molecule has 2 heterocycles. The topological polar surface area (TPSA) is 19.4 Å². The van der Waals surface area contributed by atoms with Crippen LogP contribution < -0.4 is 4.90 Å². The molecule has 1 unspecified atom stereocenters. The van der Waals surface area contributed by atoms with E-state index in [1.807, 2.05) is 6.07 Å². The average molecular weight is 284 g/mol. The number of pyridine rings is 1. The highest BCUT2D eigenvalue weighted by Crippen LogP contribution is 2.25. The van der Waals surface area contributed by atoms with Gasteiger partial charge in [0.15, 0.2) is 0 Å². The van der Waals surface area contributed by atoms with Gasteiger partial charge in [0.25, 0.3) is 0 Å². The van der Waals surface area contributed by atoms with E-state index >= 15 is 0 Å². The first-order valence-electron chi connectivity index (χ1n) is 5.71. The molecule has 0 amide bonds. The summed E-state index contributed by atoms with van der Waals surface area (Å²) in [6.07, 6.45) is 2.54. The maximum atomic E-state index is 4.54. The summed E-state index contributed by atoms with van der Waals surface area (Å²) in [4.78, 5) is 9.21. The van der Waals surface area contributed by atoms with Gasteiger partial charge >= 0.3 is 0 Å². The second-order valence-electron chi connectivity index (χ2n) is 4.57. The number of hydrogen-bond acceptors (Lipinski definition) is 3. The molecule has 0 saturated carbocycles. The Balaban J connectivity index is 2.13. The minimum atomic E-state index is 0.608. The summed E-state index contributed by atoms with van der Waals surface area (Å²) in [5.41, 5.74) is 0. The third-order valence-corrected chi connectivity index (χ3v) is 3.39. The van der Waals surface area contributed by atoms with Crippen molar-refractivity contribution in [1.82, 2.24) is 9.88 Å². The highest BCUT2D eigenvalue weighted by atomic mass is 79.9. The van der Waals surface area contributed by atoms with Crippen LogP contribution in [0.3, 0.4) is 0 Å². The van der Waals surface area contributed by atoms with E-state index in [4.69, 9.17) is 0 Å². The summed E-state index contributed by atoms with van der Waals surface area (Å²) in [6.45, 7) is 2.23. The maximum Gasteiger partial charge on any atom is 0.130 e. The third kappa shape index (κ3) is 2.74. The van der Waals surface area contributed by atoms with Crippen LogP contribution in [0.15, 0.2) is 22.8 Å². The average Bonchev–Trinajstić information content (AvgIpc) is 2.65. The predicted octanol–water partition coefficient (Wildman–Crippen LogP) is 2.37. The summed E-state index contributed by atoms with van der Waals surface area (Å²) in [5, 5.41) is 0. The summed E-state index contributed by atoms with van der Waals surface area (Å²) in [5.74, 6) is 1.10. The standard InChI is InChI=1S/C12H18BrN3/c1-15(2)9-10-5-4-8-16(10)12-7-3-6-11(13)14-12/h3,6-7,10H,4-5,8-9H2,1-2H3. The Labute approximate surface area is 106 Å². The Morgan fingerprint density at radius 2 is 2.31 bits per heavy atom. The minimum absolute atomic E-state index is 0.608. The van der Waals surface area contributed by atoms with Gasteiger partial charge in [-0.3, -0.25) is 0 Å². The summed E-state index contributed by atoms with van der Waals surface area (Å²) < 4.78 is 0.917. The molecule has 1 aromatic rings. The first-order chi connectivity index (χ1) is 7.66. The van der Waals surface area contributed by atoms with Crippen molar-refractivity contribution in [3.63, 3.8) is 0 Å². The second kappa shape index (κ2) is 5.15. The fourth-order valence-corrected chi connectivity index (χ4v) is 2.64. The van der Waals surface area contributed by atoms with Crippen molar-refractivity contribution >= 4 is 21.7 Å². The van der Waals surface area contributed by atoms with E-state index in [9.17, 15) is 0 Å². The van der Waals surface area contributed by atoms with Gasteiger partial charge in [-0.2, -0.15) is 0 Å². The van der Waals surface area contributed by atoms with Gasteiger partial charge < -0.3 is 9.80 Å². The Morgan fingerprint density at radius 1 is 1.50 bits per heavy atom. The lowest BCUT2D eigenvalue weighted by Crippen LogP contribution is -2.37. The number of hydrogen-bond donors (Lipinski definition) is 0. The van der Waals surface area contributed by atoms with Crippen molar-refractivity contribution in [2.45, 2.75) is 18.9 Å². The van der Waals surface area contributed by atoms with Crippen LogP contribution in [0.4, 0.5) is 5.82 Å². The van der Waals surface area contributed by atoms with Gasteiger partial charge in [0.2, 0.25) is 0 Å². The van der Waals surface area contributed by atoms with Gasteiger partial charge in [-0.15, -0.1) is 0 Å². The fourth-order valence-electron chi connectivity index (χ4n) is 2.31. The third-order valence-electron chi connectivity index (χ3n) is 2.95. The molecule has 2 rings (SSSR count). The number of likely N-dealkylation sites (N-methyl/N-ethyl adjacent to an activating group) is 1. The normalized spacial score (nSPS) is 20.8. The summed E-state index contributed by atoms with van der Waals surface area (Å²) in [7, 11) is 4.26. The van der Waals surface area contributed by atoms with Crippen LogP contribution in [0.25, 0.3) is 0 Å². The van der Waals surface area contributed by atoms with Crippen molar-refractivity contribution in [3.8, 4) is 0 Å². The van der Waals surface area contributed by atoms with Gasteiger partial charge in [0.05, 0.1) is 0 Å². The molecule has 0 N–H and O–H groups in total. The lowest BCUT2D eigenvalue weighted by Gasteiger charge is -2.28. The molecule has 1 saturated heterocycles. The maximum absolute atomic E-state index is 4.54. The van der Waals surface area contributed by atoms with Crippen LogP contribution in [0.5, 0.6) is 0 Å². The highest BCUT2D eigenvalue weighted by Gasteiger charge is 2.25. The molecule has 1 fully saturated rings. The largest absolute Gasteiger partial charge is 0.352 e. The Hall–Kier alpha value is -0.610. The molecule has 0 aliphatic carbocycles. The van der Waals surface area contributed by atoms with E-state index in [1.54, 1.807) is 0 Å². The number of aromatic nitrogens is 1. The van der Waals surface area contributed by atoms with Gasteiger partial charge in [-0.05, 0) is 55.0 Å². The summed E-state index contributed by atoms with van der Waals surface area (Å²) >= 11 is 3.43. The predicted molar refractivity (Wildman–Crippen MR) is 70.9 cm³/mol. The molecular formula is C12H18BrN3. The molecule has 4 heteroatoms.